The molecule has 0 aromatic heterocycles. The normalized spacial score (nSPS) is 11.6. The van der Waals surface area contributed by atoms with Crippen LogP contribution in [0.15, 0.2) is 56.7 Å². The van der Waals surface area contributed by atoms with Gasteiger partial charge in [-0.3, -0.25) is 0 Å². The van der Waals surface area contributed by atoms with E-state index in [0.717, 1.165) is 17.8 Å². The fraction of sp³-hybridized carbons (Fsp3) is 0.0769. The Kier molecular flexibility index (Phi) is 4.48. The summed E-state index contributed by atoms with van der Waals surface area (Å²) in [5, 5.41) is 0.552. The van der Waals surface area contributed by atoms with Gasteiger partial charge >= 0.3 is 6.18 Å². The van der Waals surface area contributed by atoms with Crippen LogP contribution in [-0.4, -0.2) is 0 Å². The first kappa shape index (κ1) is 14.8. The van der Waals surface area contributed by atoms with Crippen LogP contribution < -0.4 is 0 Å². The standard InChI is InChI=1S/C13H7BrClF3S/c14-8-1-6-12(11(7-8)13(16,17)18)19-10-4-2-9(15)3-5-10/h1-7H. The molecule has 6 heteroatoms. The molecule has 0 radical (unpaired) electrons. The predicted octanol–water partition coefficient (Wildman–Crippen LogP) is 6.27. The maximum Gasteiger partial charge on any atom is 0.417 e. The molecule has 0 amide bonds. The molecule has 0 unspecified atom stereocenters. The average Bonchev–Trinajstić information content (AvgIpc) is 2.33. The fourth-order valence-corrected chi connectivity index (χ4v) is 2.88. The van der Waals surface area contributed by atoms with Gasteiger partial charge in [-0.1, -0.05) is 39.3 Å². The smallest absolute Gasteiger partial charge is 0.166 e. The highest BCUT2D eigenvalue weighted by molar-refractivity contribution is 9.10. The van der Waals surface area contributed by atoms with Crippen molar-refractivity contribution in [3.63, 3.8) is 0 Å². The molecule has 0 nitrogen and oxygen atoms in total. The van der Waals surface area contributed by atoms with E-state index in [-0.39, 0.29) is 4.90 Å². The van der Waals surface area contributed by atoms with E-state index >= 15 is 0 Å². The second-order valence-electron chi connectivity index (χ2n) is 3.69. The number of alkyl halides is 3. The van der Waals surface area contributed by atoms with Gasteiger partial charge in [-0.25, -0.2) is 0 Å². The zero-order valence-electron chi connectivity index (χ0n) is 9.34. The molecule has 0 saturated carbocycles. The van der Waals surface area contributed by atoms with Crippen molar-refractivity contribution < 1.29 is 13.2 Å². The molecular weight excluding hydrogens is 361 g/mol. The topological polar surface area (TPSA) is 0 Å². The summed E-state index contributed by atoms with van der Waals surface area (Å²) in [5.74, 6) is 0. The Bertz CT molecular complexity index is 581. The summed E-state index contributed by atoms with van der Waals surface area (Å²) in [6, 6.07) is 10.8. The quantitative estimate of drug-likeness (QED) is 0.602. The molecule has 0 spiro atoms. The fourth-order valence-electron chi connectivity index (χ4n) is 1.44. The zero-order valence-corrected chi connectivity index (χ0v) is 12.5. The minimum Gasteiger partial charge on any atom is -0.166 e. The van der Waals surface area contributed by atoms with Gasteiger partial charge in [-0.05, 0) is 42.5 Å². The van der Waals surface area contributed by atoms with Crippen LogP contribution in [0.25, 0.3) is 0 Å². The first-order chi connectivity index (χ1) is 8.86. The number of hydrogen-bond donors (Lipinski definition) is 0. The van der Waals surface area contributed by atoms with Gasteiger partial charge in [0.1, 0.15) is 0 Å². The Morgan fingerprint density at radius 1 is 1.00 bits per heavy atom. The third-order valence-electron chi connectivity index (χ3n) is 2.29. The van der Waals surface area contributed by atoms with Crippen LogP contribution in [0.1, 0.15) is 5.56 Å². The van der Waals surface area contributed by atoms with E-state index in [1.807, 2.05) is 0 Å². The van der Waals surface area contributed by atoms with Crippen molar-refractivity contribution in [2.75, 3.05) is 0 Å². The Morgan fingerprint density at radius 3 is 2.21 bits per heavy atom. The molecule has 0 aliphatic carbocycles. The summed E-state index contributed by atoms with van der Waals surface area (Å²) in [6.45, 7) is 0. The minimum atomic E-state index is -4.38. The molecule has 2 rings (SSSR count). The second kappa shape index (κ2) is 5.77. The Balaban J connectivity index is 2.37. The van der Waals surface area contributed by atoms with E-state index < -0.39 is 11.7 Å². The van der Waals surface area contributed by atoms with Gasteiger partial charge in [-0.15, -0.1) is 0 Å². The van der Waals surface area contributed by atoms with Crippen LogP contribution in [-0.2, 0) is 6.18 Å². The molecular formula is C13H7BrClF3S. The molecule has 0 aliphatic rings. The van der Waals surface area contributed by atoms with E-state index in [0.29, 0.717) is 14.4 Å². The van der Waals surface area contributed by atoms with Crippen LogP contribution in [0, 0.1) is 0 Å². The highest BCUT2D eigenvalue weighted by atomic mass is 79.9. The summed E-state index contributed by atoms with van der Waals surface area (Å²) >= 11 is 9.86. The zero-order chi connectivity index (χ0) is 14.0. The monoisotopic (exact) mass is 366 g/mol. The highest BCUT2D eigenvalue weighted by Crippen LogP contribution is 2.40. The molecule has 0 N–H and O–H groups in total. The van der Waals surface area contributed by atoms with E-state index in [1.165, 1.54) is 6.07 Å². The SMILES string of the molecule is FC(F)(F)c1cc(Br)ccc1Sc1ccc(Cl)cc1. The maximum absolute atomic E-state index is 12.9. The molecule has 0 heterocycles. The van der Waals surface area contributed by atoms with Crippen molar-refractivity contribution >= 4 is 39.3 Å². The van der Waals surface area contributed by atoms with Crippen LogP contribution >= 0.6 is 39.3 Å². The third-order valence-corrected chi connectivity index (χ3v) is 4.12. The summed E-state index contributed by atoms with van der Waals surface area (Å²) in [4.78, 5) is 0.871. The van der Waals surface area contributed by atoms with Crippen molar-refractivity contribution in [2.45, 2.75) is 16.0 Å². The van der Waals surface area contributed by atoms with Crippen molar-refractivity contribution in [1.29, 1.82) is 0 Å². The van der Waals surface area contributed by atoms with Gasteiger partial charge in [0.2, 0.25) is 0 Å². The molecule has 2 aromatic rings. The largest absolute Gasteiger partial charge is 0.417 e. The van der Waals surface area contributed by atoms with Gasteiger partial charge < -0.3 is 0 Å². The lowest BCUT2D eigenvalue weighted by Crippen LogP contribution is -2.06. The maximum atomic E-state index is 12.9. The number of benzene rings is 2. The number of hydrogen-bond acceptors (Lipinski definition) is 1. The summed E-state index contributed by atoms with van der Waals surface area (Å²) < 4.78 is 39.2. The van der Waals surface area contributed by atoms with Gasteiger partial charge in [0.15, 0.2) is 0 Å². The first-order valence-corrected chi connectivity index (χ1v) is 7.15. The van der Waals surface area contributed by atoms with Crippen molar-refractivity contribution in [2.24, 2.45) is 0 Å². The van der Waals surface area contributed by atoms with E-state index in [9.17, 15) is 13.2 Å². The van der Waals surface area contributed by atoms with Crippen LogP contribution in [0.5, 0.6) is 0 Å². The van der Waals surface area contributed by atoms with Gasteiger partial charge in [0, 0.05) is 19.3 Å². The van der Waals surface area contributed by atoms with E-state index in [1.54, 1.807) is 30.3 Å². The summed E-state index contributed by atoms with van der Waals surface area (Å²) in [7, 11) is 0. The molecule has 2 aromatic carbocycles. The molecule has 0 atom stereocenters. The summed E-state index contributed by atoms with van der Waals surface area (Å²) in [6.07, 6.45) is -4.38. The Hall–Kier alpha value is -0.650. The number of rotatable bonds is 2. The summed E-state index contributed by atoms with van der Waals surface area (Å²) in [5.41, 5.74) is -0.651. The van der Waals surface area contributed by atoms with E-state index in [4.69, 9.17) is 11.6 Å². The molecule has 19 heavy (non-hydrogen) atoms. The first-order valence-electron chi connectivity index (χ1n) is 5.16. The minimum absolute atomic E-state index is 0.165. The van der Waals surface area contributed by atoms with Crippen molar-refractivity contribution in [3.8, 4) is 0 Å². The van der Waals surface area contributed by atoms with Gasteiger partial charge in [0.25, 0.3) is 0 Å². The lowest BCUT2D eigenvalue weighted by Gasteiger charge is -2.12. The third kappa shape index (κ3) is 3.91. The van der Waals surface area contributed by atoms with Crippen LogP contribution in [0.3, 0.4) is 0 Å². The Labute approximate surface area is 126 Å². The highest BCUT2D eigenvalue weighted by Gasteiger charge is 2.33. The van der Waals surface area contributed by atoms with Crippen LogP contribution in [0.2, 0.25) is 5.02 Å². The predicted molar refractivity (Wildman–Crippen MR) is 74.7 cm³/mol. The lowest BCUT2D eigenvalue weighted by molar-refractivity contribution is -0.139. The second-order valence-corrected chi connectivity index (χ2v) is 6.16. The van der Waals surface area contributed by atoms with E-state index in [2.05, 4.69) is 15.9 Å². The molecule has 0 fully saturated rings. The van der Waals surface area contributed by atoms with Crippen LogP contribution in [0.4, 0.5) is 13.2 Å². The Morgan fingerprint density at radius 2 is 1.63 bits per heavy atom. The molecule has 0 saturated heterocycles. The lowest BCUT2D eigenvalue weighted by atomic mass is 10.2. The van der Waals surface area contributed by atoms with Gasteiger partial charge in [-0.2, -0.15) is 13.2 Å². The molecule has 100 valence electrons. The number of halogens is 5. The molecule has 0 bridgehead atoms. The van der Waals surface area contributed by atoms with Crippen molar-refractivity contribution in [1.82, 2.24) is 0 Å². The van der Waals surface area contributed by atoms with Gasteiger partial charge in [0.05, 0.1) is 5.56 Å². The van der Waals surface area contributed by atoms with Crippen molar-refractivity contribution in [3.05, 3.63) is 57.5 Å². The molecule has 0 aliphatic heterocycles. The average molecular weight is 368 g/mol.